The lowest BCUT2D eigenvalue weighted by Gasteiger charge is -2.41. The number of ether oxygens (including phenoxy) is 1. The first kappa shape index (κ1) is 14.8. The average molecular weight is 277 g/mol. The van der Waals surface area contributed by atoms with Crippen LogP contribution in [0.2, 0.25) is 0 Å². The van der Waals surface area contributed by atoms with Crippen molar-refractivity contribution in [2.45, 2.75) is 39.4 Å². The zero-order chi connectivity index (χ0) is 14.9. The summed E-state index contributed by atoms with van der Waals surface area (Å²) in [5.41, 5.74) is 1.20. The number of carbonyl (C=O) groups is 1. The van der Waals surface area contributed by atoms with Crippen molar-refractivity contribution < 1.29 is 9.53 Å². The number of nitrogens with one attached hydrogen (secondary N) is 1. The Morgan fingerprint density at radius 2 is 2.20 bits per heavy atom. The Morgan fingerprint density at radius 1 is 1.50 bits per heavy atom. The summed E-state index contributed by atoms with van der Waals surface area (Å²) in [5, 5.41) is 2.98. The van der Waals surface area contributed by atoms with Crippen LogP contribution in [-0.2, 0) is 4.74 Å². The fourth-order valence-corrected chi connectivity index (χ4v) is 2.71. The van der Waals surface area contributed by atoms with Gasteiger partial charge in [0.2, 0.25) is 0 Å². The summed E-state index contributed by atoms with van der Waals surface area (Å²) < 4.78 is 5.84. The highest BCUT2D eigenvalue weighted by Crippen LogP contribution is 2.23. The molecule has 1 fully saturated rings. The fraction of sp³-hybridized carbons (Fsp3) is 0.600. The highest BCUT2D eigenvalue weighted by molar-refractivity contribution is 5.95. The second-order valence-corrected chi connectivity index (χ2v) is 6.01. The van der Waals surface area contributed by atoms with Gasteiger partial charge in [0.05, 0.1) is 11.7 Å². The van der Waals surface area contributed by atoms with Gasteiger partial charge in [-0.15, -0.1) is 0 Å². The van der Waals surface area contributed by atoms with Crippen LogP contribution in [-0.4, -0.2) is 47.6 Å². The number of aryl methyl sites for hydroxylation is 1. The summed E-state index contributed by atoms with van der Waals surface area (Å²) in [6, 6.07) is 3.62. The maximum Gasteiger partial charge on any atom is 0.254 e. The van der Waals surface area contributed by atoms with Crippen LogP contribution in [0.3, 0.4) is 0 Å². The largest absolute Gasteiger partial charge is 0.373 e. The van der Waals surface area contributed by atoms with E-state index in [-0.39, 0.29) is 17.6 Å². The van der Waals surface area contributed by atoms with Gasteiger partial charge in [0.15, 0.2) is 0 Å². The van der Waals surface area contributed by atoms with Gasteiger partial charge in [0, 0.05) is 31.4 Å². The summed E-state index contributed by atoms with van der Waals surface area (Å²) in [4.78, 5) is 18.8. The number of amides is 1. The van der Waals surface area contributed by atoms with Gasteiger partial charge in [-0.05, 0) is 39.8 Å². The summed E-state index contributed by atoms with van der Waals surface area (Å²) >= 11 is 0. The van der Waals surface area contributed by atoms with E-state index in [1.165, 1.54) is 0 Å². The average Bonchev–Trinajstić information content (AvgIpc) is 2.34. The number of morpholine rings is 1. The zero-order valence-electron chi connectivity index (χ0n) is 12.9. The maximum absolute atomic E-state index is 12.7. The summed E-state index contributed by atoms with van der Waals surface area (Å²) in [6.45, 7) is 9.14. The van der Waals surface area contributed by atoms with Gasteiger partial charge in [-0.2, -0.15) is 0 Å². The van der Waals surface area contributed by atoms with Crippen LogP contribution in [0.15, 0.2) is 12.1 Å². The van der Waals surface area contributed by atoms with Crippen molar-refractivity contribution in [1.29, 1.82) is 0 Å². The molecule has 20 heavy (non-hydrogen) atoms. The van der Waals surface area contributed by atoms with E-state index in [1.54, 1.807) is 13.1 Å². The van der Waals surface area contributed by atoms with Crippen LogP contribution >= 0.6 is 0 Å². The van der Waals surface area contributed by atoms with Gasteiger partial charge in [0.25, 0.3) is 5.91 Å². The molecule has 1 atom stereocenters. The van der Waals surface area contributed by atoms with Gasteiger partial charge in [-0.3, -0.25) is 4.79 Å². The molecule has 5 heteroatoms. The SMILES string of the molecule is CNc1cc(C(=O)N2CC(C)OC(C)(C)C2)cc(C)n1. The standard InChI is InChI=1S/C15H23N3O2/c1-10-6-12(7-13(16-5)17-10)14(19)18-8-11(2)20-15(3,4)9-18/h6-7,11H,8-9H2,1-5H3,(H,16,17). The van der Waals surface area contributed by atoms with Crippen molar-refractivity contribution >= 4 is 11.7 Å². The Balaban J connectivity index is 2.24. The van der Waals surface area contributed by atoms with Gasteiger partial charge in [0.1, 0.15) is 5.82 Å². The Morgan fingerprint density at radius 3 is 2.80 bits per heavy atom. The number of hydrogen-bond donors (Lipinski definition) is 1. The monoisotopic (exact) mass is 277 g/mol. The van der Waals surface area contributed by atoms with Crippen molar-refractivity contribution in [3.8, 4) is 0 Å². The molecule has 0 aromatic carbocycles. The van der Waals surface area contributed by atoms with Gasteiger partial charge in [-0.1, -0.05) is 0 Å². The third-order valence-electron chi connectivity index (χ3n) is 3.31. The van der Waals surface area contributed by atoms with E-state index in [0.29, 0.717) is 24.5 Å². The topological polar surface area (TPSA) is 54.5 Å². The second kappa shape index (κ2) is 5.40. The summed E-state index contributed by atoms with van der Waals surface area (Å²) in [6.07, 6.45) is 0.0504. The molecule has 110 valence electrons. The highest BCUT2D eigenvalue weighted by atomic mass is 16.5. The molecule has 1 aliphatic heterocycles. The van der Waals surface area contributed by atoms with Crippen molar-refractivity contribution in [2.75, 3.05) is 25.5 Å². The van der Waals surface area contributed by atoms with Crippen molar-refractivity contribution in [1.82, 2.24) is 9.88 Å². The number of anilines is 1. The predicted octanol–water partition coefficient (Wildman–Crippen LogP) is 2.07. The van der Waals surface area contributed by atoms with Crippen LogP contribution in [0.1, 0.15) is 36.8 Å². The van der Waals surface area contributed by atoms with Gasteiger partial charge < -0.3 is 15.0 Å². The summed E-state index contributed by atoms with van der Waals surface area (Å²) in [5.74, 6) is 0.754. The van der Waals surface area contributed by atoms with E-state index in [1.807, 2.05) is 38.7 Å². The lowest BCUT2D eigenvalue weighted by Crippen LogP contribution is -2.53. The fourth-order valence-electron chi connectivity index (χ4n) is 2.71. The number of pyridine rings is 1. The third-order valence-corrected chi connectivity index (χ3v) is 3.31. The predicted molar refractivity (Wildman–Crippen MR) is 79.1 cm³/mol. The minimum absolute atomic E-state index is 0.0372. The highest BCUT2D eigenvalue weighted by Gasteiger charge is 2.34. The molecule has 2 heterocycles. The Bertz CT molecular complexity index is 514. The van der Waals surface area contributed by atoms with E-state index in [9.17, 15) is 4.79 Å². The molecule has 1 N–H and O–H groups in total. The van der Waals surface area contributed by atoms with Crippen LogP contribution in [0.4, 0.5) is 5.82 Å². The number of aromatic nitrogens is 1. The van der Waals surface area contributed by atoms with E-state index in [4.69, 9.17) is 4.74 Å². The lowest BCUT2D eigenvalue weighted by molar-refractivity contribution is -0.118. The van der Waals surface area contributed by atoms with Crippen LogP contribution in [0.5, 0.6) is 0 Å². The molecule has 0 radical (unpaired) electrons. The van der Waals surface area contributed by atoms with Crippen molar-refractivity contribution in [3.05, 3.63) is 23.4 Å². The normalized spacial score (nSPS) is 21.6. The molecule has 1 aromatic heterocycles. The molecule has 1 aliphatic rings. The molecule has 1 unspecified atom stereocenters. The minimum atomic E-state index is -0.304. The first-order chi connectivity index (χ1) is 9.30. The Labute approximate surface area is 120 Å². The molecule has 2 rings (SSSR count). The summed E-state index contributed by atoms with van der Waals surface area (Å²) in [7, 11) is 1.80. The smallest absolute Gasteiger partial charge is 0.254 e. The van der Waals surface area contributed by atoms with E-state index < -0.39 is 0 Å². The molecule has 0 spiro atoms. The molecule has 5 nitrogen and oxygen atoms in total. The maximum atomic E-state index is 12.7. The van der Waals surface area contributed by atoms with Gasteiger partial charge in [-0.25, -0.2) is 4.98 Å². The Hall–Kier alpha value is -1.62. The number of nitrogens with zero attached hydrogens (tertiary/aromatic N) is 2. The number of rotatable bonds is 2. The molecule has 1 aromatic rings. The quantitative estimate of drug-likeness (QED) is 0.899. The van der Waals surface area contributed by atoms with Crippen molar-refractivity contribution in [2.24, 2.45) is 0 Å². The zero-order valence-corrected chi connectivity index (χ0v) is 12.9. The Kier molecular flexibility index (Phi) is 3.99. The van der Waals surface area contributed by atoms with E-state index in [2.05, 4.69) is 10.3 Å². The molecule has 0 aliphatic carbocycles. The molecule has 0 bridgehead atoms. The van der Waals surface area contributed by atoms with Crippen LogP contribution < -0.4 is 5.32 Å². The molecule has 1 saturated heterocycles. The first-order valence-electron chi connectivity index (χ1n) is 6.94. The number of carbonyl (C=O) groups excluding carboxylic acids is 1. The molecule has 1 amide bonds. The van der Waals surface area contributed by atoms with Crippen LogP contribution in [0, 0.1) is 6.92 Å². The number of hydrogen-bond acceptors (Lipinski definition) is 4. The first-order valence-corrected chi connectivity index (χ1v) is 6.94. The van der Waals surface area contributed by atoms with E-state index in [0.717, 1.165) is 5.69 Å². The molecule has 0 saturated carbocycles. The lowest BCUT2D eigenvalue weighted by atomic mass is 10.0. The minimum Gasteiger partial charge on any atom is -0.373 e. The second-order valence-electron chi connectivity index (χ2n) is 6.01. The third kappa shape index (κ3) is 3.28. The molecular formula is C15H23N3O2. The van der Waals surface area contributed by atoms with Crippen LogP contribution in [0.25, 0.3) is 0 Å². The van der Waals surface area contributed by atoms with Crippen molar-refractivity contribution in [3.63, 3.8) is 0 Å². The molecular weight excluding hydrogens is 254 g/mol. The van der Waals surface area contributed by atoms with E-state index >= 15 is 0 Å². The van der Waals surface area contributed by atoms with Gasteiger partial charge >= 0.3 is 0 Å².